The molecule has 19 heavy (non-hydrogen) atoms. The molecule has 1 aromatic heterocycles. The van der Waals surface area contributed by atoms with Crippen molar-refractivity contribution in [2.24, 2.45) is 0 Å². The van der Waals surface area contributed by atoms with Crippen LogP contribution in [-0.4, -0.2) is 5.91 Å². The van der Waals surface area contributed by atoms with Crippen LogP contribution in [0.2, 0.25) is 10.0 Å². The zero-order valence-electron chi connectivity index (χ0n) is 10.5. The monoisotopic (exact) mass is 313 g/mol. The largest absolute Gasteiger partial charge is 0.345 e. The number of rotatable bonds is 3. The maximum atomic E-state index is 12.1. The maximum absolute atomic E-state index is 12.1. The smallest absolute Gasteiger partial charge is 0.262 e. The molecule has 0 fully saturated rings. The predicted octanol–water partition coefficient (Wildman–Crippen LogP) is 4.85. The molecule has 0 aliphatic rings. The van der Waals surface area contributed by atoms with Gasteiger partial charge in [0.15, 0.2) is 0 Å². The lowest BCUT2D eigenvalue weighted by Gasteiger charge is -2.14. The van der Waals surface area contributed by atoms with Crippen molar-refractivity contribution in [1.82, 2.24) is 5.32 Å². The molecule has 5 heteroatoms. The van der Waals surface area contributed by atoms with Gasteiger partial charge in [-0.3, -0.25) is 4.79 Å². The molecule has 0 unspecified atom stereocenters. The molecule has 1 N–H and O–H groups in total. The topological polar surface area (TPSA) is 29.1 Å². The molecule has 1 atom stereocenters. The van der Waals surface area contributed by atoms with E-state index in [9.17, 15) is 4.79 Å². The number of amides is 1. The molecule has 2 nitrogen and oxygen atoms in total. The van der Waals surface area contributed by atoms with Gasteiger partial charge < -0.3 is 5.32 Å². The molecule has 1 amide bonds. The Kier molecular flexibility index (Phi) is 4.50. The first-order valence-corrected chi connectivity index (χ1v) is 7.42. The number of benzene rings is 1. The predicted molar refractivity (Wildman–Crippen MR) is 81.4 cm³/mol. The zero-order valence-corrected chi connectivity index (χ0v) is 12.9. The van der Waals surface area contributed by atoms with Crippen molar-refractivity contribution in [2.75, 3.05) is 0 Å². The van der Waals surface area contributed by atoms with Crippen LogP contribution in [-0.2, 0) is 0 Å². The Labute approximate surface area is 126 Å². The van der Waals surface area contributed by atoms with Crippen LogP contribution in [0, 0.1) is 6.92 Å². The SMILES string of the molecule is Cc1ccsc1C(=O)N[C@H](C)c1ccc(Cl)c(Cl)c1. The normalized spacial score (nSPS) is 12.2. The molecule has 2 aromatic rings. The van der Waals surface area contributed by atoms with Crippen LogP contribution < -0.4 is 5.32 Å². The van der Waals surface area contributed by atoms with Gasteiger partial charge in [-0.25, -0.2) is 0 Å². The number of carbonyl (C=O) groups is 1. The molecule has 0 radical (unpaired) electrons. The lowest BCUT2D eigenvalue weighted by molar-refractivity contribution is 0.0943. The van der Waals surface area contributed by atoms with Crippen LogP contribution in [0.1, 0.15) is 33.8 Å². The molecule has 1 aromatic carbocycles. The molecule has 2 rings (SSSR count). The van der Waals surface area contributed by atoms with Gasteiger partial charge in [-0.05, 0) is 48.6 Å². The van der Waals surface area contributed by atoms with Crippen LogP contribution in [0.5, 0.6) is 0 Å². The van der Waals surface area contributed by atoms with E-state index in [-0.39, 0.29) is 11.9 Å². The summed E-state index contributed by atoms with van der Waals surface area (Å²) in [6.07, 6.45) is 0. The minimum atomic E-state index is -0.122. The number of nitrogens with one attached hydrogen (secondary N) is 1. The summed E-state index contributed by atoms with van der Waals surface area (Å²) in [6, 6.07) is 7.18. The van der Waals surface area contributed by atoms with Crippen molar-refractivity contribution in [2.45, 2.75) is 19.9 Å². The van der Waals surface area contributed by atoms with E-state index in [1.165, 1.54) is 11.3 Å². The van der Waals surface area contributed by atoms with E-state index in [0.29, 0.717) is 10.0 Å². The highest BCUT2D eigenvalue weighted by Crippen LogP contribution is 2.26. The van der Waals surface area contributed by atoms with Crippen molar-refractivity contribution in [1.29, 1.82) is 0 Å². The summed E-state index contributed by atoms with van der Waals surface area (Å²) in [5.74, 6) is -0.0638. The molecule has 0 bridgehead atoms. The Balaban J connectivity index is 2.13. The Bertz CT molecular complexity index is 609. The van der Waals surface area contributed by atoms with Gasteiger partial charge in [-0.15, -0.1) is 11.3 Å². The van der Waals surface area contributed by atoms with Gasteiger partial charge in [0.25, 0.3) is 5.91 Å². The fourth-order valence-electron chi connectivity index (χ4n) is 1.73. The average molecular weight is 314 g/mol. The fourth-order valence-corrected chi connectivity index (χ4v) is 2.87. The second-order valence-corrected chi connectivity index (χ2v) is 6.03. The number of aryl methyl sites for hydroxylation is 1. The minimum Gasteiger partial charge on any atom is -0.345 e. The van der Waals surface area contributed by atoms with E-state index in [4.69, 9.17) is 23.2 Å². The van der Waals surface area contributed by atoms with Gasteiger partial charge in [-0.2, -0.15) is 0 Å². The van der Waals surface area contributed by atoms with Crippen molar-refractivity contribution < 1.29 is 4.79 Å². The molecule has 0 spiro atoms. The highest BCUT2D eigenvalue weighted by Gasteiger charge is 2.15. The third kappa shape index (κ3) is 3.30. The second kappa shape index (κ2) is 5.95. The van der Waals surface area contributed by atoms with Crippen LogP contribution >= 0.6 is 34.5 Å². The van der Waals surface area contributed by atoms with E-state index >= 15 is 0 Å². The Morgan fingerprint density at radius 2 is 2.00 bits per heavy atom. The van der Waals surface area contributed by atoms with Crippen molar-refractivity contribution in [3.63, 3.8) is 0 Å². The minimum absolute atomic E-state index is 0.0638. The molecule has 0 aliphatic heterocycles. The van der Waals surface area contributed by atoms with Gasteiger partial charge in [0.1, 0.15) is 0 Å². The maximum Gasteiger partial charge on any atom is 0.262 e. The first-order chi connectivity index (χ1) is 8.99. The summed E-state index contributed by atoms with van der Waals surface area (Å²) >= 11 is 13.3. The van der Waals surface area contributed by atoms with E-state index in [1.807, 2.05) is 31.4 Å². The van der Waals surface area contributed by atoms with E-state index < -0.39 is 0 Å². The van der Waals surface area contributed by atoms with Gasteiger partial charge in [0, 0.05) is 0 Å². The van der Waals surface area contributed by atoms with Gasteiger partial charge in [0.2, 0.25) is 0 Å². The fraction of sp³-hybridized carbons (Fsp3) is 0.214. The summed E-state index contributed by atoms with van der Waals surface area (Å²) < 4.78 is 0. The summed E-state index contributed by atoms with van der Waals surface area (Å²) in [5, 5.41) is 5.87. The average Bonchev–Trinajstić information content (AvgIpc) is 2.79. The molecule has 1 heterocycles. The number of hydrogen-bond acceptors (Lipinski definition) is 2. The van der Waals surface area contributed by atoms with Crippen LogP contribution in [0.25, 0.3) is 0 Å². The standard InChI is InChI=1S/C14H13Cl2NOS/c1-8-5-6-19-13(8)14(18)17-9(2)10-3-4-11(15)12(16)7-10/h3-7,9H,1-2H3,(H,17,18)/t9-/m1/s1. The second-order valence-electron chi connectivity index (χ2n) is 4.30. The third-order valence-electron chi connectivity index (χ3n) is 2.86. The van der Waals surface area contributed by atoms with Crippen molar-refractivity contribution in [3.05, 3.63) is 55.7 Å². The molecule has 0 saturated heterocycles. The van der Waals surface area contributed by atoms with E-state index in [2.05, 4.69) is 5.32 Å². The molecule has 0 aliphatic carbocycles. The first kappa shape index (κ1) is 14.4. The Hall–Kier alpha value is -1.03. The van der Waals surface area contributed by atoms with Crippen LogP contribution in [0.4, 0.5) is 0 Å². The highest BCUT2D eigenvalue weighted by molar-refractivity contribution is 7.12. The number of thiophene rings is 1. The zero-order chi connectivity index (χ0) is 14.0. The molecule has 0 saturated carbocycles. The summed E-state index contributed by atoms with van der Waals surface area (Å²) in [7, 11) is 0. The lowest BCUT2D eigenvalue weighted by Crippen LogP contribution is -2.26. The summed E-state index contributed by atoms with van der Waals surface area (Å²) in [4.78, 5) is 12.8. The molecule has 100 valence electrons. The van der Waals surface area contributed by atoms with Crippen molar-refractivity contribution in [3.8, 4) is 0 Å². The number of hydrogen-bond donors (Lipinski definition) is 1. The molecular weight excluding hydrogens is 301 g/mol. The van der Waals surface area contributed by atoms with Gasteiger partial charge in [-0.1, -0.05) is 29.3 Å². The first-order valence-electron chi connectivity index (χ1n) is 5.79. The quantitative estimate of drug-likeness (QED) is 0.861. The van der Waals surface area contributed by atoms with Gasteiger partial charge >= 0.3 is 0 Å². The Morgan fingerprint density at radius 3 is 2.58 bits per heavy atom. The third-order valence-corrected chi connectivity index (χ3v) is 4.61. The van der Waals surface area contributed by atoms with E-state index in [1.54, 1.807) is 12.1 Å². The highest BCUT2D eigenvalue weighted by atomic mass is 35.5. The molecular formula is C14H13Cl2NOS. The van der Waals surface area contributed by atoms with Crippen LogP contribution in [0.3, 0.4) is 0 Å². The number of carbonyl (C=O) groups excluding carboxylic acids is 1. The van der Waals surface area contributed by atoms with Crippen molar-refractivity contribution >= 4 is 40.4 Å². The summed E-state index contributed by atoms with van der Waals surface area (Å²) in [5.41, 5.74) is 1.92. The number of halogens is 2. The summed E-state index contributed by atoms with van der Waals surface area (Å²) in [6.45, 7) is 3.84. The van der Waals surface area contributed by atoms with Gasteiger partial charge in [0.05, 0.1) is 21.0 Å². The lowest BCUT2D eigenvalue weighted by atomic mass is 10.1. The van der Waals surface area contributed by atoms with E-state index in [0.717, 1.165) is 16.0 Å². The van der Waals surface area contributed by atoms with Crippen LogP contribution in [0.15, 0.2) is 29.6 Å². The Morgan fingerprint density at radius 1 is 1.26 bits per heavy atom.